The summed E-state index contributed by atoms with van der Waals surface area (Å²) in [5.41, 5.74) is 1.43. The van der Waals surface area contributed by atoms with Crippen molar-refractivity contribution in [2.45, 2.75) is 6.61 Å². The summed E-state index contributed by atoms with van der Waals surface area (Å²) in [5, 5.41) is 0. The van der Waals surface area contributed by atoms with E-state index < -0.39 is 0 Å². The van der Waals surface area contributed by atoms with Crippen LogP contribution in [0.3, 0.4) is 0 Å². The van der Waals surface area contributed by atoms with Gasteiger partial charge in [-0.3, -0.25) is 4.84 Å². The van der Waals surface area contributed by atoms with Gasteiger partial charge >= 0.3 is 5.97 Å². The van der Waals surface area contributed by atoms with E-state index in [9.17, 15) is 4.79 Å². The van der Waals surface area contributed by atoms with Crippen molar-refractivity contribution < 1.29 is 14.4 Å². The fourth-order valence-corrected chi connectivity index (χ4v) is 0.951. The Morgan fingerprint density at radius 3 is 2.36 bits per heavy atom. The highest BCUT2D eigenvalue weighted by Crippen LogP contribution is 2.05. The van der Waals surface area contributed by atoms with Crippen LogP contribution in [0.25, 0.3) is 0 Å². The Morgan fingerprint density at radius 2 is 1.93 bits per heavy atom. The Balaban J connectivity index is 0.00000169. The molecule has 0 bridgehead atoms. The van der Waals surface area contributed by atoms with Gasteiger partial charge in [0.2, 0.25) is 0 Å². The molecular formula is C9H12ClNO3. The summed E-state index contributed by atoms with van der Waals surface area (Å²) in [6.45, 7) is 0.335. The second-order valence-electron chi connectivity index (χ2n) is 2.50. The molecule has 0 aliphatic carbocycles. The van der Waals surface area contributed by atoms with Crippen molar-refractivity contribution in [3.05, 3.63) is 35.4 Å². The second kappa shape index (κ2) is 6.37. The molecule has 0 saturated heterocycles. The van der Waals surface area contributed by atoms with Gasteiger partial charge in [-0.1, -0.05) is 12.1 Å². The van der Waals surface area contributed by atoms with E-state index in [1.54, 1.807) is 24.3 Å². The average molecular weight is 218 g/mol. The van der Waals surface area contributed by atoms with E-state index in [1.165, 1.54) is 7.11 Å². The van der Waals surface area contributed by atoms with Gasteiger partial charge in [-0.2, -0.15) is 0 Å². The summed E-state index contributed by atoms with van der Waals surface area (Å²) in [5.74, 6) is 4.55. The fourth-order valence-electron chi connectivity index (χ4n) is 0.951. The van der Waals surface area contributed by atoms with Crippen LogP contribution < -0.4 is 5.90 Å². The minimum Gasteiger partial charge on any atom is -0.465 e. The summed E-state index contributed by atoms with van der Waals surface area (Å²) < 4.78 is 4.54. The lowest BCUT2D eigenvalue weighted by molar-refractivity contribution is 0.0600. The molecule has 1 rings (SSSR count). The maximum atomic E-state index is 11.0. The number of carbonyl (C=O) groups is 1. The van der Waals surface area contributed by atoms with Crippen molar-refractivity contribution in [2.24, 2.45) is 5.90 Å². The lowest BCUT2D eigenvalue weighted by Crippen LogP contribution is -2.02. The lowest BCUT2D eigenvalue weighted by atomic mass is 10.1. The van der Waals surface area contributed by atoms with Crippen molar-refractivity contribution in [1.29, 1.82) is 0 Å². The predicted molar refractivity (Wildman–Crippen MR) is 54.0 cm³/mol. The number of hydrogen-bond acceptors (Lipinski definition) is 4. The topological polar surface area (TPSA) is 61.5 Å². The molecule has 1 aromatic rings. The van der Waals surface area contributed by atoms with E-state index in [0.29, 0.717) is 12.2 Å². The number of benzene rings is 1. The number of ether oxygens (including phenoxy) is 1. The molecule has 0 spiro atoms. The summed E-state index contributed by atoms with van der Waals surface area (Å²) >= 11 is 0. The summed E-state index contributed by atoms with van der Waals surface area (Å²) in [6.07, 6.45) is 0. The van der Waals surface area contributed by atoms with E-state index in [1.807, 2.05) is 0 Å². The minimum atomic E-state index is -0.347. The van der Waals surface area contributed by atoms with E-state index in [-0.39, 0.29) is 18.4 Å². The highest BCUT2D eigenvalue weighted by atomic mass is 35.5. The maximum Gasteiger partial charge on any atom is 0.337 e. The molecule has 1 aromatic carbocycles. The van der Waals surface area contributed by atoms with Crippen LogP contribution in [0.15, 0.2) is 24.3 Å². The third-order valence-corrected chi connectivity index (χ3v) is 1.63. The van der Waals surface area contributed by atoms with Gasteiger partial charge in [-0.25, -0.2) is 10.7 Å². The van der Waals surface area contributed by atoms with Crippen LogP contribution in [0.2, 0.25) is 0 Å². The van der Waals surface area contributed by atoms with Crippen LogP contribution in [0, 0.1) is 0 Å². The zero-order valence-electron chi connectivity index (χ0n) is 7.73. The van der Waals surface area contributed by atoms with Gasteiger partial charge in [-0.05, 0) is 17.7 Å². The van der Waals surface area contributed by atoms with Crippen LogP contribution in [0.5, 0.6) is 0 Å². The number of esters is 1. The molecule has 0 amide bonds. The average Bonchev–Trinajstić information content (AvgIpc) is 2.18. The Kier molecular flexibility index (Phi) is 5.87. The number of hydrogen-bond donors (Lipinski definition) is 1. The summed E-state index contributed by atoms with van der Waals surface area (Å²) in [7, 11) is 1.35. The molecule has 0 aliphatic heterocycles. The number of nitrogens with two attached hydrogens (primary N) is 1. The van der Waals surface area contributed by atoms with E-state index in [0.717, 1.165) is 5.56 Å². The van der Waals surface area contributed by atoms with Crippen molar-refractivity contribution in [2.75, 3.05) is 7.11 Å². The van der Waals surface area contributed by atoms with Crippen LogP contribution in [0.4, 0.5) is 0 Å². The first-order valence-corrected chi connectivity index (χ1v) is 3.77. The molecular weight excluding hydrogens is 206 g/mol. The van der Waals surface area contributed by atoms with Crippen LogP contribution in [-0.4, -0.2) is 13.1 Å². The zero-order valence-corrected chi connectivity index (χ0v) is 8.54. The highest BCUT2D eigenvalue weighted by molar-refractivity contribution is 5.89. The predicted octanol–water partition coefficient (Wildman–Crippen LogP) is 1.29. The molecule has 0 aliphatic rings. The first kappa shape index (κ1) is 12.9. The Labute approximate surface area is 88.4 Å². The molecule has 14 heavy (non-hydrogen) atoms. The van der Waals surface area contributed by atoms with Gasteiger partial charge in [0.1, 0.15) is 0 Å². The van der Waals surface area contributed by atoms with Crippen molar-refractivity contribution in [3.63, 3.8) is 0 Å². The lowest BCUT2D eigenvalue weighted by Gasteiger charge is -2.01. The number of carbonyl (C=O) groups excluding carboxylic acids is 1. The standard InChI is InChI=1S/C9H11NO3.ClH/c1-12-9(11)8-4-2-7(3-5-8)6-13-10;/h2-5H,6,10H2,1H3;1H. The Bertz CT molecular complexity index is 287. The zero-order chi connectivity index (χ0) is 9.68. The monoisotopic (exact) mass is 217 g/mol. The molecule has 0 saturated carbocycles. The molecule has 0 unspecified atom stereocenters. The van der Waals surface area contributed by atoms with Gasteiger partial charge in [0.25, 0.3) is 0 Å². The van der Waals surface area contributed by atoms with Crippen molar-refractivity contribution in [3.8, 4) is 0 Å². The molecule has 2 N–H and O–H groups in total. The maximum absolute atomic E-state index is 11.0. The molecule has 0 aromatic heterocycles. The number of halogens is 1. The van der Waals surface area contributed by atoms with E-state index >= 15 is 0 Å². The first-order valence-electron chi connectivity index (χ1n) is 3.77. The third-order valence-electron chi connectivity index (χ3n) is 1.63. The summed E-state index contributed by atoms with van der Waals surface area (Å²) in [6, 6.07) is 6.86. The number of methoxy groups -OCH3 is 1. The molecule has 0 heterocycles. The van der Waals surface area contributed by atoms with E-state index in [4.69, 9.17) is 5.90 Å². The Hall–Kier alpha value is -1.10. The number of rotatable bonds is 3. The molecule has 0 atom stereocenters. The molecule has 5 heteroatoms. The second-order valence-corrected chi connectivity index (χ2v) is 2.50. The first-order chi connectivity index (χ1) is 6.27. The van der Waals surface area contributed by atoms with Crippen molar-refractivity contribution >= 4 is 18.4 Å². The normalized spacial score (nSPS) is 9.00. The minimum absolute atomic E-state index is 0. The van der Waals surface area contributed by atoms with Gasteiger partial charge in [-0.15, -0.1) is 12.4 Å². The smallest absolute Gasteiger partial charge is 0.337 e. The molecule has 0 fully saturated rings. The van der Waals surface area contributed by atoms with Crippen molar-refractivity contribution in [1.82, 2.24) is 0 Å². The van der Waals surface area contributed by atoms with Gasteiger partial charge in [0, 0.05) is 0 Å². The van der Waals surface area contributed by atoms with Gasteiger partial charge in [0.15, 0.2) is 0 Å². The molecule has 78 valence electrons. The highest BCUT2D eigenvalue weighted by Gasteiger charge is 2.03. The third kappa shape index (κ3) is 3.33. The van der Waals surface area contributed by atoms with Crippen LogP contribution in [0.1, 0.15) is 15.9 Å². The fraction of sp³-hybridized carbons (Fsp3) is 0.222. The van der Waals surface area contributed by atoms with Gasteiger partial charge in [0.05, 0.1) is 19.3 Å². The quantitative estimate of drug-likeness (QED) is 0.612. The SMILES string of the molecule is COC(=O)c1ccc(CON)cc1.Cl. The molecule has 0 radical (unpaired) electrons. The van der Waals surface area contributed by atoms with Crippen LogP contribution >= 0.6 is 12.4 Å². The summed E-state index contributed by atoms with van der Waals surface area (Å²) in [4.78, 5) is 15.4. The largest absolute Gasteiger partial charge is 0.465 e. The van der Waals surface area contributed by atoms with E-state index in [2.05, 4.69) is 9.57 Å². The van der Waals surface area contributed by atoms with Crippen LogP contribution in [-0.2, 0) is 16.2 Å². The molecule has 4 nitrogen and oxygen atoms in total. The van der Waals surface area contributed by atoms with Gasteiger partial charge < -0.3 is 4.74 Å². The Morgan fingerprint density at radius 1 is 1.36 bits per heavy atom.